The third kappa shape index (κ3) is 2.52. The van der Waals surface area contributed by atoms with Crippen LogP contribution in [-0.4, -0.2) is 19.8 Å². The number of anilines is 1. The Bertz CT molecular complexity index is 603. The second-order valence-corrected chi connectivity index (χ2v) is 5.19. The van der Waals surface area contributed by atoms with Gasteiger partial charge in [-0.25, -0.2) is 0 Å². The van der Waals surface area contributed by atoms with Crippen molar-refractivity contribution in [2.75, 3.05) is 19.0 Å². The van der Waals surface area contributed by atoms with Gasteiger partial charge in [0.2, 0.25) is 0 Å². The van der Waals surface area contributed by atoms with Crippen molar-refractivity contribution in [3.05, 3.63) is 65.7 Å². The van der Waals surface area contributed by atoms with Crippen LogP contribution in [0.5, 0.6) is 0 Å². The van der Waals surface area contributed by atoms with Crippen LogP contribution in [0.15, 0.2) is 59.8 Å². The molecule has 0 radical (unpaired) electrons. The van der Waals surface area contributed by atoms with Gasteiger partial charge in [-0.15, -0.1) is 0 Å². The maximum Gasteiger partial charge on any atom is 0.158 e. The van der Waals surface area contributed by atoms with Gasteiger partial charge >= 0.3 is 0 Å². The molecular formula is C17H18N2O. The fourth-order valence-electron chi connectivity index (χ4n) is 2.34. The molecule has 1 aliphatic rings. The Labute approximate surface area is 119 Å². The van der Waals surface area contributed by atoms with Crippen LogP contribution in [0.25, 0.3) is 0 Å². The summed E-state index contributed by atoms with van der Waals surface area (Å²) in [5.41, 5.74) is 4.52. The highest BCUT2D eigenvalue weighted by atomic mass is 16.6. The van der Waals surface area contributed by atoms with Crippen LogP contribution in [0.1, 0.15) is 23.7 Å². The molecule has 0 fully saturated rings. The second-order valence-electron chi connectivity index (χ2n) is 5.19. The zero-order chi connectivity index (χ0) is 13.9. The van der Waals surface area contributed by atoms with Crippen molar-refractivity contribution in [3.8, 4) is 0 Å². The molecule has 0 bridgehead atoms. The Morgan fingerprint density at radius 1 is 1.00 bits per heavy atom. The van der Waals surface area contributed by atoms with E-state index in [1.165, 1.54) is 11.3 Å². The highest BCUT2D eigenvalue weighted by Gasteiger charge is 2.23. The lowest BCUT2D eigenvalue weighted by Crippen LogP contribution is -2.08. The molecule has 1 unspecified atom stereocenters. The number of benzene rings is 2. The Balaban J connectivity index is 1.73. The summed E-state index contributed by atoms with van der Waals surface area (Å²) in [6.07, 6.45) is 0.854. The second kappa shape index (κ2) is 5.37. The summed E-state index contributed by atoms with van der Waals surface area (Å²) in [5.74, 6) is 0. The average molecular weight is 266 g/mol. The lowest BCUT2D eigenvalue weighted by atomic mass is 10.0. The van der Waals surface area contributed by atoms with Crippen molar-refractivity contribution in [1.29, 1.82) is 0 Å². The molecule has 2 aromatic carbocycles. The molecule has 2 aromatic rings. The quantitative estimate of drug-likeness (QED) is 0.847. The molecule has 0 spiro atoms. The van der Waals surface area contributed by atoms with E-state index in [1.54, 1.807) is 0 Å². The van der Waals surface area contributed by atoms with Crippen LogP contribution in [0, 0.1) is 0 Å². The standard InChI is InChI=1S/C17H18N2O/c1-19(2)15-10-8-14(9-11-15)17-12-16(18-20-17)13-6-4-3-5-7-13/h3-11,17H,12H2,1-2H3. The summed E-state index contributed by atoms with van der Waals surface area (Å²) >= 11 is 0. The summed E-state index contributed by atoms with van der Waals surface area (Å²) in [6.45, 7) is 0. The number of rotatable bonds is 3. The van der Waals surface area contributed by atoms with E-state index >= 15 is 0 Å². The van der Waals surface area contributed by atoms with Gasteiger partial charge in [0.05, 0.1) is 5.71 Å². The van der Waals surface area contributed by atoms with Crippen LogP contribution in [0.3, 0.4) is 0 Å². The first kappa shape index (κ1) is 12.7. The Morgan fingerprint density at radius 2 is 1.70 bits per heavy atom. The van der Waals surface area contributed by atoms with E-state index in [0.29, 0.717) is 0 Å². The third-order valence-electron chi connectivity index (χ3n) is 3.56. The molecule has 3 heteroatoms. The summed E-state index contributed by atoms with van der Waals surface area (Å²) in [7, 11) is 4.08. The lowest BCUT2D eigenvalue weighted by molar-refractivity contribution is 0.0857. The molecule has 0 aliphatic carbocycles. The molecule has 0 saturated carbocycles. The minimum atomic E-state index is 0.0291. The van der Waals surface area contributed by atoms with E-state index in [4.69, 9.17) is 4.84 Å². The Hall–Kier alpha value is -2.29. The van der Waals surface area contributed by atoms with Gasteiger partial charge in [0, 0.05) is 26.2 Å². The first-order valence-electron chi connectivity index (χ1n) is 6.79. The largest absolute Gasteiger partial charge is 0.387 e. The highest BCUT2D eigenvalue weighted by molar-refractivity contribution is 6.01. The van der Waals surface area contributed by atoms with Crippen molar-refractivity contribution in [3.63, 3.8) is 0 Å². The molecule has 0 amide bonds. The molecule has 3 nitrogen and oxygen atoms in total. The van der Waals surface area contributed by atoms with E-state index in [-0.39, 0.29) is 6.10 Å². The van der Waals surface area contributed by atoms with Gasteiger partial charge in [0.25, 0.3) is 0 Å². The zero-order valence-electron chi connectivity index (χ0n) is 11.8. The number of hydrogen-bond donors (Lipinski definition) is 0. The number of oxime groups is 1. The van der Waals surface area contributed by atoms with Gasteiger partial charge in [-0.05, 0) is 23.3 Å². The smallest absolute Gasteiger partial charge is 0.158 e. The first-order valence-corrected chi connectivity index (χ1v) is 6.79. The first-order chi connectivity index (χ1) is 9.74. The minimum absolute atomic E-state index is 0.0291. The average Bonchev–Trinajstić information content (AvgIpc) is 2.98. The van der Waals surface area contributed by atoms with Gasteiger partial charge in [-0.2, -0.15) is 0 Å². The molecule has 0 saturated heterocycles. The molecule has 1 heterocycles. The SMILES string of the molecule is CN(C)c1ccc(C2CC(c3ccccc3)=NO2)cc1. The Morgan fingerprint density at radius 3 is 2.35 bits per heavy atom. The van der Waals surface area contributed by atoms with Crippen LogP contribution in [-0.2, 0) is 4.84 Å². The van der Waals surface area contributed by atoms with Gasteiger partial charge in [0.1, 0.15) is 0 Å². The van der Waals surface area contributed by atoms with Crippen LogP contribution >= 0.6 is 0 Å². The lowest BCUT2D eigenvalue weighted by Gasteiger charge is -2.14. The third-order valence-corrected chi connectivity index (χ3v) is 3.56. The normalized spacial score (nSPS) is 17.5. The van der Waals surface area contributed by atoms with Crippen molar-refractivity contribution in [1.82, 2.24) is 0 Å². The van der Waals surface area contributed by atoms with Crippen LogP contribution in [0.2, 0.25) is 0 Å². The molecular weight excluding hydrogens is 248 g/mol. The fourth-order valence-corrected chi connectivity index (χ4v) is 2.34. The summed E-state index contributed by atoms with van der Waals surface area (Å²) in [4.78, 5) is 7.67. The van der Waals surface area contributed by atoms with E-state index in [9.17, 15) is 0 Å². The maximum absolute atomic E-state index is 5.58. The van der Waals surface area contributed by atoms with Crippen molar-refractivity contribution >= 4 is 11.4 Å². The maximum atomic E-state index is 5.58. The minimum Gasteiger partial charge on any atom is -0.387 e. The molecule has 3 rings (SSSR count). The van der Waals surface area contributed by atoms with Gasteiger partial charge in [0.15, 0.2) is 6.10 Å². The topological polar surface area (TPSA) is 24.8 Å². The van der Waals surface area contributed by atoms with E-state index < -0.39 is 0 Å². The van der Waals surface area contributed by atoms with Gasteiger partial charge in [-0.1, -0.05) is 47.6 Å². The summed E-state index contributed by atoms with van der Waals surface area (Å²) in [6, 6.07) is 18.6. The van der Waals surface area contributed by atoms with Crippen molar-refractivity contribution in [2.45, 2.75) is 12.5 Å². The molecule has 0 aromatic heterocycles. The van der Waals surface area contributed by atoms with E-state index in [1.807, 2.05) is 32.3 Å². The van der Waals surface area contributed by atoms with E-state index in [0.717, 1.165) is 17.7 Å². The monoisotopic (exact) mass is 266 g/mol. The molecule has 1 atom stereocenters. The predicted molar refractivity (Wildman–Crippen MR) is 82.2 cm³/mol. The molecule has 102 valence electrons. The zero-order valence-corrected chi connectivity index (χ0v) is 11.8. The number of nitrogens with zero attached hydrogens (tertiary/aromatic N) is 2. The molecule has 20 heavy (non-hydrogen) atoms. The van der Waals surface area contributed by atoms with Crippen LogP contribution < -0.4 is 4.90 Å². The Kier molecular flexibility index (Phi) is 3.42. The molecule has 0 N–H and O–H groups in total. The number of hydrogen-bond acceptors (Lipinski definition) is 3. The summed E-state index contributed by atoms with van der Waals surface area (Å²) < 4.78 is 0. The molecule has 1 aliphatic heterocycles. The van der Waals surface area contributed by atoms with Crippen LogP contribution in [0.4, 0.5) is 5.69 Å². The van der Waals surface area contributed by atoms with Gasteiger partial charge in [-0.3, -0.25) is 0 Å². The fraction of sp³-hybridized carbons (Fsp3) is 0.235. The van der Waals surface area contributed by atoms with Crippen molar-refractivity contribution < 1.29 is 4.84 Å². The van der Waals surface area contributed by atoms with E-state index in [2.05, 4.69) is 46.5 Å². The summed E-state index contributed by atoms with van der Waals surface area (Å²) in [5, 5.41) is 4.23. The van der Waals surface area contributed by atoms with Gasteiger partial charge < -0.3 is 9.74 Å². The van der Waals surface area contributed by atoms with Crippen molar-refractivity contribution in [2.24, 2.45) is 5.16 Å². The highest BCUT2D eigenvalue weighted by Crippen LogP contribution is 2.30. The predicted octanol–water partition coefficient (Wildman–Crippen LogP) is 3.62.